The van der Waals surface area contributed by atoms with Crippen molar-refractivity contribution in [3.8, 4) is 0 Å². The highest BCUT2D eigenvalue weighted by Crippen LogP contribution is 2.12. The minimum absolute atomic E-state index is 0.0481. The molecule has 3 nitrogen and oxygen atoms in total. The molecule has 0 unspecified atom stereocenters. The summed E-state index contributed by atoms with van der Waals surface area (Å²) in [4.78, 5) is 10.5. The van der Waals surface area contributed by atoms with E-state index in [1.54, 1.807) is 7.05 Å². The molecular weight excluding hydrogens is 154 g/mol. The van der Waals surface area contributed by atoms with E-state index in [2.05, 4.69) is 5.32 Å². The van der Waals surface area contributed by atoms with Crippen LogP contribution in [0.4, 0.5) is 4.79 Å². The molecule has 0 radical (unpaired) electrons. The van der Waals surface area contributed by atoms with Crippen LogP contribution < -0.4 is 5.32 Å². The topological polar surface area (TPSA) is 38.3 Å². The molecule has 0 rings (SSSR count). The number of alkyl carbamates (subject to hydrolysis) is 1. The Bertz CT molecular complexity index is 116. The van der Waals surface area contributed by atoms with Crippen molar-refractivity contribution in [3.63, 3.8) is 0 Å². The molecule has 0 heterocycles. The monoisotopic (exact) mass is 175 g/mol. The van der Waals surface area contributed by atoms with Gasteiger partial charge in [-0.25, -0.2) is 4.79 Å². The molecule has 0 aromatic carbocycles. The Morgan fingerprint density at radius 1 is 1.33 bits per heavy atom. The zero-order chi connectivity index (χ0) is 10.2. The zero-order valence-electron chi connectivity index (χ0n) is 9.02. The minimum Gasteiger partial charge on any atom is -0.449 e. The summed E-state index contributed by atoms with van der Waals surface area (Å²) < 4.78 is 4.81. The second kappa shape index (κ2) is 6.95. The lowest BCUT2D eigenvalue weighted by atomic mass is 9.99. The van der Waals surface area contributed by atoms with Crippen molar-refractivity contribution >= 4 is 6.09 Å². The van der Waals surface area contributed by atoms with Crippen LogP contribution in [0.3, 0.4) is 0 Å². The van der Waals surface area contributed by atoms with Crippen molar-refractivity contribution in [2.45, 2.75) is 34.6 Å². The number of amides is 1. The Labute approximate surface area is 75.5 Å². The third-order valence-electron chi connectivity index (χ3n) is 0.840. The van der Waals surface area contributed by atoms with Crippen molar-refractivity contribution in [1.29, 1.82) is 0 Å². The van der Waals surface area contributed by atoms with E-state index < -0.39 is 0 Å². The first-order valence-corrected chi connectivity index (χ1v) is 4.30. The van der Waals surface area contributed by atoms with Gasteiger partial charge in [-0.3, -0.25) is 0 Å². The van der Waals surface area contributed by atoms with Gasteiger partial charge in [0.05, 0.1) is 6.61 Å². The number of hydrogen-bond donors (Lipinski definition) is 1. The van der Waals surface area contributed by atoms with Crippen molar-refractivity contribution in [2.24, 2.45) is 5.41 Å². The van der Waals surface area contributed by atoms with Gasteiger partial charge < -0.3 is 10.1 Å². The van der Waals surface area contributed by atoms with Crippen LogP contribution in [-0.4, -0.2) is 19.7 Å². The van der Waals surface area contributed by atoms with Crippen molar-refractivity contribution in [2.75, 3.05) is 13.7 Å². The standard InChI is InChI=1S/C7H15NO2.C2H6/c1-7(2,3)5-10-6(9)8-4;1-2/h5H2,1-4H3,(H,8,9);1-2H3. The number of nitrogens with one attached hydrogen (secondary N) is 1. The van der Waals surface area contributed by atoms with Crippen molar-refractivity contribution in [1.82, 2.24) is 5.32 Å². The van der Waals surface area contributed by atoms with Crippen LogP contribution in [-0.2, 0) is 4.74 Å². The maximum Gasteiger partial charge on any atom is 0.406 e. The second-order valence-corrected chi connectivity index (χ2v) is 3.39. The molecule has 74 valence electrons. The van der Waals surface area contributed by atoms with Crippen LogP contribution in [0.5, 0.6) is 0 Å². The number of carbonyl (C=O) groups excluding carboxylic acids is 1. The van der Waals surface area contributed by atoms with E-state index in [9.17, 15) is 4.79 Å². The van der Waals surface area contributed by atoms with E-state index in [4.69, 9.17) is 4.74 Å². The van der Waals surface area contributed by atoms with Gasteiger partial charge in [-0.2, -0.15) is 0 Å². The van der Waals surface area contributed by atoms with E-state index in [1.807, 2.05) is 34.6 Å². The average molecular weight is 175 g/mol. The highest BCUT2D eigenvalue weighted by molar-refractivity contribution is 5.66. The van der Waals surface area contributed by atoms with Gasteiger partial charge in [0.2, 0.25) is 0 Å². The Hall–Kier alpha value is -0.730. The molecule has 0 aliphatic carbocycles. The predicted octanol–water partition coefficient (Wildman–Crippen LogP) is 2.41. The lowest BCUT2D eigenvalue weighted by molar-refractivity contribution is 0.108. The van der Waals surface area contributed by atoms with Gasteiger partial charge in [-0.15, -0.1) is 0 Å². The van der Waals surface area contributed by atoms with Crippen molar-refractivity contribution in [3.05, 3.63) is 0 Å². The Kier molecular flexibility index (Phi) is 8.01. The third-order valence-corrected chi connectivity index (χ3v) is 0.840. The summed E-state index contributed by atoms with van der Waals surface area (Å²) >= 11 is 0. The fourth-order valence-electron chi connectivity index (χ4n) is 0.354. The molecule has 0 aromatic rings. The van der Waals surface area contributed by atoms with Crippen LogP contribution in [0.2, 0.25) is 0 Å². The first-order chi connectivity index (χ1) is 5.45. The number of carbonyl (C=O) groups is 1. The molecule has 0 aromatic heterocycles. The van der Waals surface area contributed by atoms with Gasteiger partial charge in [-0.05, 0) is 5.41 Å². The molecule has 0 bridgehead atoms. The summed E-state index contributed by atoms with van der Waals surface area (Å²) in [6.07, 6.45) is -0.366. The summed E-state index contributed by atoms with van der Waals surface area (Å²) in [6.45, 7) is 10.5. The van der Waals surface area contributed by atoms with E-state index in [0.717, 1.165) is 0 Å². The minimum atomic E-state index is -0.366. The molecule has 3 heteroatoms. The molecule has 0 aliphatic rings. The van der Waals surface area contributed by atoms with Crippen LogP contribution in [0.15, 0.2) is 0 Å². The maximum absolute atomic E-state index is 10.5. The third kappa shape index (κ3) is 12.0. The maximum atomic E-state index is 10.5. The Morgan fingerprint density at radius 3 is 2.00 bits per heavy atom. The van der Waals surface area contributed by atoms with E-state index in [-0.39, 0.29) is 11.5 Å². The molecular formula is C9H21NO2. The molecule has 1 N–H and O–H groups in total. The Morgan fingerprint density at radius 2 is 1.75 bits per heavy atom. The highest BCUT2D eigenvalue weighted by Gasteiger charge is 2.12. The predicted molar refractivity (Wildman–Crippen MR) is 51.2 cm³/mol. The van der Waals surface area contributed by atoms with Gasteiger partial charge >= 0.3 is 6.09 Å². The molecule has 0 saturated heterocycles. The van der Waals surface area contributed by atoms with Crippen LogP contribution >= 0.6 is 0 Å². The van der Waals surface area contributed by atoms with Crippen molar-refractivity contribution < 1.29 is 9.53 Å². The highest BCUT2D eigenvalue weighted by atomic mass is 16.5. The molecule has 0 saturated carbocycles. The number of hydrogen-bond acceptors (Lipinski definition) is 2. The first-order valence-electron chi connectivity index (χ1n) is 4.30. The van der Waals surface area contributed by atoms with Gasteiger partial charge in [-0.1, -0.05) is 34.6 Å². The van der Waals surface area contributed by atoms with Gasteiger partial charge in [0, 0.05) is 7.05 Å². The lowest BCUT2D eigenvalue weighted by Crippen LogP contribution is -2.24. The molecule has 0 fully saturated rings. The van der Waals surface area contributed by atoms with Gasteiger partial charge in [0.15, 0.2) is 0 Å². The fourth-order valence-corrected chi connectivity index (χ4v) is 0.354. The molecule has 1 amide bonds. The Balaban J connectivity index is 0. The largest absolute Gasteiger partial charge is 0.449 e. The quantitative estimate of drug-likeness (QED) is 0.664. The average Bonchev–Trinajstić information content (AvgIpc) is 2.03. The normalized spacial score (nSPS) is 9.50. The lowest BCUT2D eigenvalue weighted by Gasteiger charge is -2.17. The van der Waals surface area contributed by atoms with Gasteiger partial charge in [0.25, 0.3) is 0 Å². The zero-order valence-corrected chi connectivity index (χ0v) is 9.02. The summed E-state index contributed by atoms with van der Waals surface area (Å²) in [5, 5.41) is 2.38. The van der Waals surface area contributed by atoms with Crippen LogP contribution in [0.25, 0.3) is 0 Å². The smallest absolute Gasteiger partial charge is 0.406 e. The van der Waals surface area contributed by atoms with Gasteiger partial charge in [0.1, 0.15) is 0 Å². The molecule has 0 atom stereocenters. The molecule has 12 heavy (non-hydrogen) atoms. The van der Waals surface area contributed by atoms with Crippen LogP contribution in [0, 0.1) is 5.41 Å². The summed E-state index contributed by atoms with van der Waals surface area (Å²) in [5.74, 6) is 0. The second-order valence-electron chi connectivity index (χ2n) is 3.39. The van der Waals surface area contributed by atoms with E-state index in [0.29, 0.717) is 6.61 Å². The number of ether oxygens (including phenoxy) is 1. The summed E-state index contributed by atoms with van der Waals surface area (Å²) in [7, 11) is 1.55. The number of rotatable bonds is 1. The molecule has 0 spiro atoms. The SMILES string of the molecule is CC.CNC(=O)OCC(C)(C)C. The fraction of sp³-hybridized carbons (Fsp3) is 0.889. The summed E-state index contributed by atoms with van der Waals surface area (Å²) in [6, 6.07) is 0. The van der Waals surface area contributed by atoms with Crippen LogP contribution in [0.1, 0.15) is 34.6 Å². The summed E-state index contributed by atoms with van der Waals surface area (Å²) in [5.41, 5.74) is 0.0481. The van der Waals surface area contributed by atoms with E-state index in [1.165, 1.54) is 0 Å². The first kappa shape index (κ1) is 13.8. The molecule has 0 aliphatic heterocycles. The van der Waals surface area contributed by atoms with E-state index >= 15 is 0 Å².